The van der Waals surface area contributed by atoms with Gasteiger partial charge in [-0.1, -0.05) is 5.92 Å². The molecule has 2 rings (SSSR count). The topological polar surface area (TPSA) is 116 Å². The fourth-order valence-electron chi connectivity index (χ4n) is 1.90. The van der Waals surface area contributed by atoms with Crippen LogP contribution >= 0.6 is 0 Å². The van der Waals surface area contributed by atoms with Crippen molar-refractivity contribution >= 4 is 0 Å². The predicted molar refractivity (Wildman–Crippen MR) is 59.5 cm³/mol. The molecule has 0 spiro atoms. The highest BCUT2D eigenvalue weighted by Gasteiger charge is 2.44. The van der Waals surface area contributed by atoms with E-state index in [1.807, 2.05) is 0 Å². The summed E-state index contributed by atoms with van der Waals surface area (Å²) < 4.78 is 5.30. The van der Waals surface area contributed by atoms with Gasteiger partial charge in [-0.3, -0.25) is 4.98 Å². The molecule has 0 aliphatic carbocycles. The molecule has 0 saturated carbocycles. The van der Waals surface area contributed by atoms with Gasteiger partial charge >= 0.3 is 5.69 Å². The summed E-state index contributed by atoms with van der Waals surface area (Å²) in [4.78, 5) is 16.9. The molecule has 0 aromatic carbocycles. The Hall–Kier alpha value is -1.72. The summed E-state index contributed by atoms with van der Waals surface area (Å²) >= 11 is 0. The third-order valence-corrected chi connectivity index (χ3v) is 2.83. The van der Waals surface area contributed by atoms with Gasteiger partial charge in [-0.25, -0.2) is 9.78 Å². The number of H-pyrrole nitrogens is 1. The van der Waals surface area contributed by atoms with Gasteiger partial charge in [-0.2, -0.15) is 0 Å². The lowest BCUT2D eigenvalue weighted by atomic mass is 10.0. The van der Waals surface area contributed by atoms with Gasteiger partial charge in [0.05, 0.1) is 6.61 Å². The van der Waals surface area contributed by atoms with Gasteiger partial charge in [0.15, 0.2) is 0 Å². The van der Waals surface area contributed by atoms with Crippen molar-refractivity contribution in [1.29, 1.82) is 0 Å². The van der Waals surface area contributed by atoms with Crippen LogP contribution in [0.15, 0.2) is 11.0 Å². The average molecular weight is 252 g/mol. The van der Waals surface area contributed by atoms with Crippen molar-refractivity contribution in [3.63, 3.8) is 0 Å². The highest BCUT2D eigenvalue weighted by molar-refractivity contribution is 5.34. The highest BCUT2D eigenvalue weighted by Crippen LogP contribution is 2.33. The van der Waals surface area contributed by atoms with Crippen molar-refractivity contribution in [3.05, 3.63) is 27.9 Å². The number of rotatable bonds is 2. The number of aromatic amines is 1. The smallest absolute Gasteiger partial charge is 0.345 e. The summed E-state index contributed by atoms with van der Waals surface area (Å²) in [5, 5.41) is 28.4. The molecule has 0 amide bonds. The van der Waals surface area contributed by atoms with E-state index in [9.17, 15) is 15.0 Å². The summed E-state index contributed by atoms with van der Waals surface area (Å²) in [6, 6.07) is 0. The van der Waals surface area contributed by atoms with Crippen LogP contribution in [0.1, 0.15) is 17.4 Å². The second kappa shape index (κ2) is 4.88. The van der Waals surface area contributed by atoms with Crippen LogP contribution in [0.5, 0.6) is 0 Å². The number of aromatic nitrogens is 2. The van der Waals surface area contributed by atoms with Gasteiger partial charge in [0.1, 0.15) is 30.1 Å². The number of hydrogen-bond acceptors (Lipinski definition) is 6. The molecular weight excluding hydrogens is 240 g/mol. The maximum atomic E-state index is 11.0. The molecule has 1 aliphatic rings. The molecule has 7 nitrogen and oxygen atoms in total. The quantitative estimate of drug-likeness (QED) is 0.448. The number of aliphatic hydroxyl groups excluding tert-OH is 3. The summed E-state index contributed by atoms with van der Waals surface area (Å²) in [5.41, 5.74) is -0.192. The molecule has 1 fully saturated rings. The van der Waals surface area contributed by atoms with Crippen LogP contribution in [-0.2, 0) is 4.74 Å². The van der Waals surface area contributed by atoms with Crippen molar-refractivity contribution in [2.75, 3.05) is 6.61 Å². The maximum Gasteiger partial charge on any atom is 0.345 e. The standard InChI is InChI=1S/C11H12N2O5/c1-2-6-5(3-12-11(17)13-6)10-9(16)8(15)7(4-14)18-10/h1,3,7-10,14-16H,4H2,(H,12,13,17). The summed E-state index contributed by atoms with van der Waals surface area (Å²) in [6.45, 7) is -0.434. The number of nitrogens with zero attached hydrogens (tertiary/aromatic N) is 1. The van der Waals surface area contributed by atoms with E-state index in [1.54, 1.807) is 0 Å². The van der Waals surface area contributed by atoms with Gasteiger partial charge in [0.2, 0.25) is 0 Å². The molecular formula is C11H12N2O5. The average Bonchev–Trinajstić information content (AvgIpc) is 2.66. The van der Waals surface area contributed by atoms with E-state index < -0.39 is 36.7 Å². The Morgan fingerprint density at radius 3 is 2.78 bits per heavy atom. The molecule has 7 heteroatoms. The molecule has 2 heterocycles. The van der Waals surface area contributed by atoms with Crippen LogP contribution in [0.4, 0.5) is 0 Å². The van der Waals surface area contributed by atoms with Gasteiger partial charge < -0.3 is 20.1 Å². The second-order valence-corrected chi connectivity index (χ2v) is 3.92. The summed E-state index contributed by atoms with van der Waals surface area (Å²) in [7, 11) is 0. The molecule has 18 heavy (non-hydrogen) atoms. The number of aliphatic hydroxyl groups is 3. The van der Waals surface area contributed by atoms with E-state index in [0.717, 1.165) is 0 Å². The number of terminal acetylenes is 1. The van der Waals surface area contributed by atoms with Crippen LogP contribution in [0, 0.1) is 12.3 Å². The Morgan fingerprint density at radius 2 is 2.22 bits per heavy atom. The normalized spacial score (nSPS) is 31.2. The van der Waals surface area contributed by atoms with Crippen molar-refractivity contribution in [2.45, 2.75) is 24.4 Å². The van der Waals surface area contributed by atoms with E-state index in [4.69, 9.17) is 16.3 Å². The lowest BCUT2D eigenvalue weighted by Gasteiger charge is -2.15. The van der Waals surface area contributed by atoms with Crippen molar-refractivity contribution in [1.82, 2.24) is 9.97 Å². The van der Waals surface area contributed by atoms with E-state index in [1.165, 1.54) is 6.20 Å². The van der Waals surface area contributed by atoms with Gasteiger partial charge in [-0.05, 0) is 0 Å². The van der Waals surface area contributed by atoms with Crippen molar-refractivity contribution in [2.24, 2.45) is 0 Å². The van der Waals surface area contributed by atoms with Gasteiger partial charge in [0.25, 0.3) is 0 Å². The van der Waals surface area contributed by atoms with Crippen LogP contribution in [0.25, 0.3) is 0 Å². The van der Waals surface area contributed by atoms with E-state index in [2.05, 4.69) is 15.9 Å². The molecule has 4 atom stereocenters. The summed E-state index contributed by atoms with van der Waals surface area (Å²) in [6.07, 6.45) is 2.12. The molecule has 96 valence electrons. The lowest BCUT2D eigenvalue weighted by Crippen LogP contribution is -2.32. The Bertz CT molecular complexity index is 535. The van der Waals surface area contributed by atoms with Crippen LogP contribution < -0.4 is 5.69 Å². The van der Waals surface area contributed by atoms with Gasteiger partial charge in [-0.15, -0.1) is 6.42 Å². The first kappa shape index (κ1) is 12.7. The molecule has 0 radical (unpaired) electrons. The number of ether oxygens (including phenoxy) is 1. The Balaban J connectivity index is 2.39. The number of nitrogens with one attached hydrogen (secondary N) is 1. The minimum absolute atomic E-state index is 0.129. The first-order valence-electron chi connectivity index (χ1n) is 5.26. The minimum Gasteiger partial charge on any atom is -0.394 e. The highest BCUT2D eigenvalue weighted by atomic mass is 16.6. The van der Waals surface area contributed by atoms with E-state index in [-0.39, 0.29) is 5.69 Å². The maximum absolute atomic E-state index is 11.0. The second-order valence-electron chi connectivity index (χ2n) is 3.92. The van der Waals surface area contributed by atoms with E-state index >= 15 is 0 Å². The largest absolute Gasteiger partial charge is 0.394 e. The first-order chi connectivity index (χ1) is 8.58. The summed E-state index contributed by atoms with van der Waals surface area (Å²) in [5.74, 6) is 2.25. The fraction of sp³-hybridized carbons (Fsp3) is 0.455. The third-order valence-electron chi connectivity index (χ3n) is 2.83. The zero-order valence-electron chi connectivity index (χ0n) is 9.28. The van der Waals surface area contributed by atoms with Gasteiger partial charge in [0, 0.05) is 11.8 Å². The Morgan fingerprint density at radius 1 is 1.50 bits per heavy atom. The lowest BCUT2D eigenvalue weighted by molar-refractivity contribution is -0.0230. The molecule has 4 unspecified atom stereocenters. The zero-order chi connectivity index (χ0) is 13.3. The van der Waals surface area contributed by atoms with Crippen LogP contribution in [-0.4, -0.2) is 50.2 Å². The van der Waals surface area contributed by atoms with Crippen molar-refractivity contribution in [3.8, 4) is 12.3 Å². The molecule has 1 aliphatic heterocycles. The molecule has 1 aromatic rings. The van der Waals surface area contributed by atoms with Crippen LogP contribution in [0.3, 0.4) is 0 Å². The minimum atomic E-state index is -1.25. The third kappa shape index (κ3) is 2.02. The Kier molecular flexibility index (Phi) is 3.45. The number of hydrogen-bond donors (Lipinski definition) is 4. The van der Waals surface area contributed by atoms with E-state index in [0.29, 0.717) is 5.56 Å². The molecule has 4 N–H and O–H groups in total. The first-order valence-corrected chi connectivity index (χ1v) is 5.26. The van der Waals surface area contributed by atoms with Crippen LogP contribution in [0.2, 0.25) is 0 Å². The zero-order valence-corrected chi connectivity index (χ0v) is 9.28. The molecule has 1 aromatic heterocycles. The van der Waals surface area contributed by atoms with Crippen molar-refractivity contribution < 1.29 is 20.1 Å². The predicted octanol–water partition coefficient (Wildman–Crippen LogP) is -2.09. The molecule has 1 saturated heterocycles. The molecule has 0 bridgehead atoms. The fourth-order valence-corrected chi connectivity index (χ4v) is 1.90. The SMILES string of the molecule is C#Cc1[nH]c(=O)ncc1C1OC(CO)C(O)C1O. The Labute approximate surface area is 102 Å². The monoisotopic (exact) mass is 252 g/mol.